The van der Waals surface area contributed by atoms with Gasteiger partial charge in [0.05, 0.1) is 0 Å². The second-order valence-electron chi connectivity index (χ2n) is 5.37. The molecular formula is C14H18N4O. The third-order valence-electron chi connectivity index (χ3n) is 3.73. The smallest absolute Gasteiger partial charge is 0.180 e. The van der Waals surface area contributed by atoms with Crippen LogP contribution in [-0.4, -0.2) is 34.7 Å². The van der Waals surface area contributed by atoms with E-state index < -0.39 is 0 Å². The SMILES string of the molecule is CC1(CNc2ccc3nccnc3n2)CCOCC1. The maximum atomic E-state index is 5.41. The van der Waals surface area contributed by atoms with Gasteiger partial charge in [-0.3, -0.25) is 4.98 Å². The standard InChI is InChI=1S/C14H18N4O/c1-14(4-8-19-9-5-14)10-17-12-3-2-11-13(18-12)16-7-6-15-11/h2-3,6-7H,4-5,8-10H2,1H3,(H,16,17,18). The van der Waals surface area contributed by atoms with Gasteiger partial charge in [0.1, 0.15) is 11.3 Å². The van der Waals surface area contributed by atoms with Crippen molar-refractivity contribution in [2.75, 3.05) is 25.1 Å². The summed E-state index contributed by atoms with van der Waals surface area (Å²) in [5.74, 6) is 0.862. The van der Waals surface area contributed by atoms with Crippen molar-refractivity contribution in [3.63, 3.8) is 0 Å². The van der Waals surface area contributed by atoms with Gasteiger partial charge in [0, 0.05) is 32.2 Å². The molecule has 1 fully saturated rings. The van der Waals surface area contributed by atoms with Crippen molar-refractivity contribution in [3.05, 3.63) is 24.5 Å². The number of pyridine rings is 1. The molecule has 0 saturated carbocycles. The Kier molecular flexibility index (Phi) is 3.29. The number of aromatic nitrogens is 3. The van der Waals surface area contributed by atoms with Crippen LogP contribution in [0, 0.1) is 5.41 Å². The average molecular weight is 258 g/mol. The Morgan fingerprint density at radius 1 is 1.21 bits per heavy atom. The van der Waals surface area contributed by atoms with Gasteiger partial charge in [-0.05, 0) is 30.4 Å². The average Bonchev–Trinajstić information content (AvgIpc) is 2.46. The molecule has 0 spiro atoms. The summed E-state index contributed by atoms with van der Waals surface area (Å²) < 4.78 is 5.41. The quantitative estimate of drug-likeness (QED) is 0.915. The molecule has 2 aromatic rings. The van der Waals surface area contributed by atoms with E-state index in [4.69, 9.17) is 4.74 Å². The molecule has 0 atom stereocenters. The van der Waals surface area contributed by atoms with Gasteiger partial charge in [-0.25, -0.2) is 9.97 Å². The van der Waals surface area contributed by atoms with E-state index in [1.54, 1.807) is 12.4 Å². The summed E-state index contributed by atoms with van der Waals surface area (Å²) in [6, 6.07) is 3.91. The highest BCUT2D eigenvalue weighted by molar-refractivity contribution is 5.71. The van der Waals surface area contributed by atoms with Crippen LogP contribution in [0.2, 0.25) is 0 Å². The molecule has 0 unspecified atom stereocenters. The van der Waals surface area contributed by atoms with Gasteiger partial charge in [0.15, 0.2) is 5.65 Å². The molecule has 5 heteroatoms. The Balaban J connectivity index is 1.71. The molecule has 1 saturated heterocycles. The lowest BCUT2D eigenvalue weighted by Gasteiger charge is -2.33. The first-order chi connectivity index (χ1) is 9.25. The first kappa shape index (κ1) is 12.3. The van der Waals surface area contributed by atoms with Crippen molar-refractivity contribution in [1.29, 1.82) is 0 Å². The highest BCUT2D eigenvalue weighted by atomic mass is 16.5. The molecule has 3 heterocycles. The monoisotopic (exact) mass is 258 g/mol. The molecule has 19 heavy (non-hydrogen) atoms. The Bertz CT molecular complexity index is 566. The fraction of sp³-hybridized carbons (Fsp3) is 0.500. The summed E-state index contributed by atoms with van der Waals surface area (Å²) in [5, 5.41) is 3.41. The normalized spacial score (nSPS) is 18.4. The highest BCUT2D eigenvalue weighted by Crippen LogP contribution is 2.29. The van der Waals surface area contributed by atoms with Crippen LogP contribution in [0.25, 0.3) is 11.2 Å². The number of fused-ring (bicyclic) bond motifs is 1. The molecule has 2 aromatic heterocycles. The van der Waals surface area contributed by atoms with E-state index in [0.29, 0.717) is 5.65 Å². The molecule has 0 aromatic carbocycles. The third kappa shape index (κ3) is 2.81. The molecule has 3 rings (SSSR count). The van der Waals surface area contributed by atoms with Crippen LogP contribution in [0.3, 0.4) is 0 Å². The zero-order chi connectivity index (χ0) is 13.1. The zero-order valence-electron chi connectivity index (χ0n) is 11.1. The van der Waals surface area contributed by atoms with E-state index in [1.807, 2.05) is 12.1 Å². The molecule has 1 aliphatic rings. The van der Waals surface area contributed by atoms with E-state index in [9.17, 15) is 0 Å². The van der Waals surface area contributed by atoms with Crippen molar-refractivity contribution >= 4 is 17.0 Å². The van der Waals surface area contributed by atoms with Crippen molar-refractivity contribution in [2.45, 2.75) is 19.8 Å². The molecule has 5 nitrogen and oxygen atoms in total. The van der Waals surface area contributed by atoms with Crippen molar-refractivity contribution in [2.24, 2.45) is 5.41 Å². The lowest BCUT2D eigenvalue weighted by atomic mass is 9.82. The Labute approximate surface area is 112 Å². The molecule has 0 amide bonds. The zero-order valence-corrected chi connectivity index (χ0v) is 11.1. The van der Waals surface area contributed by atoms with E-state index >= 15 is 0 Å². The van der Waals surface area contributed by atoms with Crippen LogP contribution in [0.1, 0.15) is 19.8 Å². The van der Waals surface area contributed by atoms with E-state index in [-0.39, 0.29) is 5.41 Å². The van der Waals surface area contributed by atoms with Gasteiger partial charge in [-0.2, -0.15) is 0 Å². The Morgan fingerprint density at radius 3 is 2.84 bits per heavy atom. The maximum absolute atomic E-state index is 5.41. The molecule has 1 aliphatic heterocycles. The number of rotatable bonds is 3. The predicted octanol–water partition coefficient (Wildman–Crippen LogP) is 2.25. The van der Waals surface area contributed by atoms with Crippen LogP contribution in [-0.2, 0) is 4.74 Å². The minimum Gasteiger partial charge on any atom is -0.381 e. The van der Waals surface area contributed by atoms with Gasteiger partial charge >= 0.3 is 0 Å². The minimum absolute atomic E-state index is 0.289. The number of anilines is 1. The number of nitrogens with one attached hydrogen (secondary N) is 1. The molecule has 100 valence electrons. The summed E-state index contributed by atoms with van der Waals surface area (Å²) in [6.45, 7) is 4.92. The Morgan fingerprint density at radius 2 is 2.00 bits per heavy atom. The first-order valence-corrected chi connectivity index (χ1v) is 6.65. The fourth-order valence-corrected chi connectivity index (χ4v) is 2.30. The van der Waals surface area contributed by atoms with Gasteiger partial charge < -0.3 is 10.1 Å². The number of nitrogens with zero attached hydrogens (tertiary/aromatic N) is 3. The van der Waals surface area contributed by atoms with Crippen LogP contribution in [0.15, 0.2) is 24.5 Å². The number of hydrogen-bond donors (Lipinski definition) is 1. The molecule has 1 N–H and O–H groups in total. The van der Waals surface area contributed by atoms with E-state index in [2.05, 4.69) is 27.2 Å². The molecular weight excluding hydrogens is 240 g/mol. The van der Waals surface area contributed by atoms with Crippen molar-refractivity contribution < 1.29 is 4.74 Å². The second kappa shape index (κ2) is 5.09. The van der Waals surface area contributed by atoms with E-state index in [1.165, 1.54) is 0 Å². The summed E-state index contributed by atoms with van der Waals surface area (Å²) in [6.07, 6.45) is 5.53. The summed E-state index contributed by atoms with van der Waals surface area (Å²) in [4.78, 5) is 12.9. The van der Waals surface area contributed by atoms with Crippen molar-refractivity contribution in [3.8, 4) is 0 Å². The van der Waals surface area contributed by atoms with Crippen LogP contribution < -0.4 is 5.32 Å². The van der Waals surface area contributed by atoms with Gasteiger partial charge in [0.25, 0.3) is 0 Å². The lowest BCUT2D eigenvalue weighted by Crippen LogP contribution is -2.33. The van der Waals surface area contributed by atoms with Crippen LogP contribution in [0.4, 0.5) is 5.82 Å². The van der Waals surface area contributed by atoms with Crippen LogP contribution in [0.5, 0.6) is 0 Å². The lowest BCUT2D eigenvalue weighted by molar-refractivity contribution is 0.0300. The van der Waals surface area contributed by atoms with E-state index in [0.717, 1.165) is 43.9 Å². The maximum Gasteiger partial charge on any atom is 0.180 e. The number of ether oxygens (including phenoxy) is 1. The fourth-order valence-electron chi connectivity index (χ4n) is 2.30. The Hall–Kier alpha value is -1.75. The summed E-state index contributed by atoms with van der Waals surface area (Å²) in [5.41, 5.74) is 1.80. The van der Waals surface area contributed by atoms with Crippen molar-refractivity contribution in [1.82, 2.24) is 15.0 Å². The topological polar surface area (TPSA) is 59.9 Å². The summed E-state index contributed by atoms with van der Waals surface area (Å²) >= 11 is 0. The van der Waals surface area contributed by atoms with Gasteiger partial charge in [-0.15, -0.1) is 0 Å². The second-order valence-corrected chi connectivity index (χ2v) is 5.37. The van der Waals surface area contributed by atoms with Gasteiger partial charge in [-0.1, -0.05) is 6.92 Å². The molecule has 0 radical (unpaired) electrons. The first-order valence-electron chi connectivity index (χ1n) is 6.65. The van der Waals surface area contributed by atoms with Crippen LogP contribution >= 0.6 is 0 Å². The summed E-state index contributed by atoms with van der Waals surface area (Å²) in [7, 11) is 0. The minimum atomic E-state index is 0.289. The highest BCUT2D eigenvalue weighted by Gasteiger charge is 2.27. The van der Waals surface area contributed by atoms with Gasteiger partial charge in [0.2, 0.25) is 0 Å². The molecule has 0 aliphatic carbocycles. The predicted molar refractivity (Wildman–Crippen MR) is 74.0 cm³/mol. The molecule has 0 bridgehead atoms. The largest absolute Gasteiger partial charge is 0.381 e. The number of hydrogen-bond acceptors (Lipinski definition) is 5. The third-order valence-corrected chi connectivity index (χ3v) is 3.73.